The number of hydrogen-bond acceptors (Lipinski definition) is 11. The van der Waals surface area contributed by atoms with Crippen molar-refractivity contribution < 1.29 is 27.8 Å². The van der Waals surface area contributed by atoms with Crippen molar-refractivity contribution in [2.24, 2.45) is 0 Å². The molecule has 0 radical (unpaired) electrons. The Morgan fingerprint density at radius 2 is 1.94 bits per heavy atom. The van der Waals surface area contributed by atoms with Crippen molar-refractivity contribution in [3.8, 4) is 23.2 Å². The molecule has 0 amide bonds. The number of rotatable bonds is 7. The number of ether oxygens (including phenoxy) is 2. The number of alkyl halides is 1. The summed E-state index contributed by atoms with van der Waals surface area (Å²) in [5.74, 6) is -0.590. The Hall–Kier alpha value is -3.74. The van der Waals surface area contributed by atoms with Crippen LogP contribution < -0.4 is 15.4 Å². The fourth-order valence-corrected chi connectivity index (χ4v) is 10.5. The Morgan fingerprint density at radius 1 is 1.16 bits per heavy atom. The van der Waals surface area contributed by atoms with E-state index in [0.717, 1.165) is 62.2 Å². The minimum atomic E-state index is -0.930. The monoisotopic (exact) mass is 705 g/mol. The minimum Gasteiger partial charge on any atom is -0.461 e. The van der Waals surface area contributed by atoms with E-state index in [4.69, 9.17) is 25.2 Å². The molecule has 2 unspecified atom stereocenters. The van der Waals surface area contributed by atoms with E-state index in [-0.39, 0.29) is 69.6 Å². The van der Waals surface area contributed by atoms with Gasteiger partial charge < -0.3 is 25.2 Å². The Kier molecular flexibility index (Phi) is 7.67. The van der Waals surface area contributed by atoms with E-state index in [1.807, 2.05) is 0 Å². The normalized spacial score (nSPS) is 27.0. The molecule has 0 aliphatic carbocycles. The van der Waals surface area contributed by atoms with E-state index < -0.39 is 29.4 Å². The van der Waals surface area contributed by atoms with Crippen molar-refractivity contribution in [3.63, 3.8) is 0 Å². The second kappa shape index (κ2) is 11.9. The molecule has 3 N–H and O–H groups in total. The first-order valence-electron chi connectivity index (χ1n) is 17.4. The third-order valence-corrected chi connectivity index (χ3v) is 12.5. The Morgan fingerprint density at radius 3 is 2.70 bits per heavy atom. The van der Waals surface area contributed by atoms with Crippen LogP contribution in [-0.2, 0) is 18.0 Å². The molecule has 0 saturated carbocycles. The molecule has 5 aliphatic heterocycles. The molecule has 5 atom stereocenters. The molecule has 50 heavy (non-hydrogen) atoms. The number of anilines is 2. The predicted molar refractivity (Wildman–Crippen MR) is 184 cm³/mol. The SMILES string of the molecule is C[C@@H](O)CN1CC2CCC(C1)N2c1nc(OC[C@@]23CCCN2C[C@H](F)C3)nc2c(F)c(-c3ccc(F)c4sc(N)c(C#N)c34)c3c(c12)COC3. The largest absolute Gasteiger partial charge is 0.461 e. The number of nitriles is 1. The second-order valence-electron chi connectivity index (χ2n) is 14.7. The molecule has 4 saturated heterocycles. The van der Waals surface area contributed by atoms with E-state index in [0.29, 0.717) is 41.8 Å². The summed E-state index contributed by atoms with van der Waals surface area (Å²) in [4.78, 5) is 16.5. The molecule has 9 rings (SSSR count). The third kappa shape index (κ3) is 4.88. The number of nitrogen functional groups attached to an aromatic ring is 1. The number of likely N-dealkylation sites (tertiary alicyclic amines) is 1. The third-order valence-electron chi connectivity index (χ3n) is 11.5. The highest BCUT2D eigenvalue weighted by Gasteiger charge is 2.50. The molecule has 14 heteroatoms. The summed E-state index contributed by atoms with van der Waals surface area (Å²) in [6.45, 7) is 5.50. The van der Waals surface area contributed by atoms with Gasteiger partial charge >= 0.3 is 6.01 Å². The molecule has 0 spiro atoms. The molecule has 262 valence electrons. The van der Waals surface area contributed by atoms with Gasteiger partial charge in [-0.1, -0.05) is 6.07 Å². The van der Waals surface area contributed by atoms with Gasteiger partial charge in [-0.2, -0.15) is 15.2 Å². The average molecular weight is 706 g/mol. The highest BCUT2D eigenvalue weighted by atomic mass is 32.1. The number of fused-ring (bicyclic) bond motifs is 7. The fourth-order valence-electron chi connectivity index (χ4n) is 9.54. The van der Waals surface area contributed by atoms with Crippen LogP contribution in [0.15, 0.2) is 12.1 Å². The number of aromatic nitrogens is 2. The Bertz CT molecular complexity index is 2070. The zero-order valence-electron chi connectivity index (χ0n) is 27.7. The van der Waals surface area contributed by atoms with Gasteiger partial charge in [-0.05, 0) is 61.9 Å². The lowest BCUT2D eigenvalue weighted by molar-refractivity contribution is 0.107. The first kappa shape index (κ1) is 32.2. The van der Waals surface area contributed by atoms with Crippen LogP contribution in [0.4, 0.5) is 24.0 Å². The van der Waals surface area contributed by atoms with Crippen LogP contribution in [-0.4, -0.2) is 94.1 Å². The van der Waals surface area contributed by atoms with Crippen molar-refractivity contribution in [2.45, 2.75) is 82.1 Å². The summed E-state index contributed by atoms with van der Waals surface area (Å²) in [6, 6.07) is 5.05. The van der Waals surface area contributed by atoms with Gasteiger partial charge in [0, 0.05) is 55.6 Å². The van der Waals surface area contributed by atoms with E-state index in [9.17, 15) is 14.8 Å². The average Bonchev–Trinajstić information content (AvgIpc) is 3.88. The fraction of sp³-hybridized carbons (Fsp3) is 0.528. The van der Waals surface area contributed by atoms with Crippen LogP contribution in [0.3, 0.4) is 0 Å². The number of halogens is 3. The van der Waals surface area contributed by atoms with Gasteiger partial charge in [-0.25, -0.2) is 13.2 Å². The first-order valence-corrected chi connectivity index (χ1v) is 18.2. The zero-order valence-corrected chi connectivity index (χ0v) is 28.5. The molecule has 2 aromatic heterocycles. The predicted octanol–water partition coefficient (Wildman–Crippen LogP) is 5.26. The van der Waals surface area contributed by atoms with E-state index in [1.165, 1.54) is 12.1 Å². The van der Waals surface area contributed by atoms with Crippen molar-refractivity contribution in [1.29, 1.82) is 5.26 Å². The first-order chi connectivity index (χ1) is 24.2. The number of piperazine rings is 1. The van der Waals surface area contributed by atoms with Crippen molar-refractivity contribution in [3.05, 3.63) is 40.5 Å². The van der Waals surface area contributed by atoms with Crippen LogP contribution >= 0.6 is 11.3 Å². The molecule has 10 nitrogen and oxygen atoms in total. The summed E-state index contributed by atoms with van der Waals surface area (Å²) in [5.41, 5.74) is 7.78. The topological polar surface area (TPSA) is 124 Å². The van der Waals surface area contributed by atoms with Crippen LogP contribution in [0.2, 0.25) is 0 Å². The smallest absolute Gasteiger partial charge is 0.319 e. The maximum absolute atomic E-state index is 17.5. The van der Waals surface area contributed by atoms with Gasteiger partial charge in [-0.15, -0.1) is 11.3 Å². The van der Waals surface area contributed by atoms with Crippen molar-refractivity contribution in [1.82, 2.24) is 19.8 Å². The highest BCUT2D eigenvalue weighted by molar-refractivity contribution is 7.23. The number of thiophene rings is 1. The minimum absolute atomic E-state index is 0.0207. The highest BCUT2D eigenvalue weighted by Crippen LogP contribution is 2.49. The van der Waals surface area contributed by atoms with E-state index in [2.05, 4.69) is 20.8 Å². The van der Waals surface area contributed by atoms with Crippen LogP contribution in [0.5, 0.6) is 6.01 Å². The number of hydrogen-bond donors (Lipinski definition) is 2. The lowest BCUT2D eigenvalue weighted by atomic mass is 9.90. The van der Waals surface area contributed by atoms with Gasteiger partial charge in [0.05, 0.1) is 40.5 Å². The lowest BCUT2D eigenvalue weighted by Gasteiger charge is -2.42. The molecular weight excluding hydrogens is 668 g/mol. The summed E-state index contributed by atoms with van der Waals surface area (Å²) in [7, 11) is 0. The number of aliphatic hydroxyl groups is 1. The quantitative estimate of drug-likeness (QED) is 0.263. The second-order valence-corrected chi connectivity index (χ2v) is 15.7. The molecule has 2 aromatic carbocycles. The standard InChI is InChI=1S/C36H38F3N7O3S/c1-18(47)11-44-13-20-3-4-21(14-44)46(20)34-29-25-16-48-15-24(25)27(22-5-6-26(38)32-28(22)23(10-40)33(41)50-32)30(39)31(29)42-35(43-34)49-17-36-7-2-8-45(36)12-19(37)9-36/h5-6,18-21,47H,2-4,7-9,11-17,41H2,1H3/t18-,19-,20?,21?,36+/m1/s1. The van der Waals surface area contributed by atoms with Crippen LogP contribution in [0.1, 0.15) is 55.7 Å². The van der Waals surface area contributed by atoms with E-state index >= 15 is 8.78 Å². The Labute approximate surface area is 291 Å². The zero-order chi connectivity index (χ0) is 34.5. The molecule has 5 aliphatic rings. The number of benzene rings is 2. The molecular formula is C36H38F3N7O3S. The summed E-state index contributed by atoms with van der Waals surface area (Å²) >= 11 is 0.966. The Balaban J connectivity index is 1.24. The lowest BCUT2D eigenvalue weighted by Crippen LogP contribution is -2.55. The molecule has 2 bridgehead atoms. The molecule has 7 heterocycles. The number of aliphatic hydroxyl groups excluding tert-OH is 1. The number of nitrogens with zero attached hydrogens (tertiary/aromatic N) is 6. The van der Waals surface area contributed by atoms with Gasteiger partial charge in [0.1, 0.15) is 41.0 Å². The number of β-amino-alcohol motifs (C(OH)–C–C–N with tert-alkyl or cyclic N) is 1. The van der Waals surface area contributed by atoms with Crippen LogP contribution in [0.25, 0.3) is 32.1 Å². The summed E-state index contributed by atoms with van der Waals surface area (Å²) < 4.78 is 59.8. The maximum atomic E-state index is 17.5. The van der Waals surface area contributed by atoms with Gasteiger partial charge in [0.25, 0.3) is 0 Å². The summed E-state index contributed by atoms with van der Waals surface area (Å²) in [6.07, 6.45) is 2.58. The van der Waals surface area contributed by atoms with Crippen molar-refractivity contribution in [2.75, 3.05) is 50.0 Å². The van der Waals surface area contributed by atoms with Crippen LogP contribution in [0, 0.1) is 23.0 Å². The van der Waals surface area contributed by atoms with Gasteiger partial charge in [0.2, 0.25) is 0 Å². The molecule has 4 fully saturated rings. The number of nitrogens with two attached hydrogens (primary N) is 1. The molecule has 4 aromatic rings. The van der Waals surface area contributed by atoms with Gasteiger partial charge in [0.15, 0.2) is 5.82 Å². The maximum Gasteiger partial charge on any atom is 0.319 e. The van der Waals surface area contributed by atoms with E-state index in [1.54, 1.807) is 6.92 Å². The van der Waals surface area contributed by atoms with Crippen molar-refractivity contribution >= 4 is 43.1 Å². The summed E-state index contributed by atoms with van der Waals surface area (Å²) in [5, 5.41) is 21.1. The van der Waals surface area contributed by atoms with Gasteiger partial charge in [-0.3, -0.25) is 9.80 Å².